The number of carbonyl (C=O) groups is 3. The number of alkyl halides is 3. The van der Waals surface area contributed by atoms with E-state index >= 15 is 0 Å². The Labute approximate surface area is 182 Å². The van der Waals surface area contributed by atoms with Gasteiger partial charge in [-0.25, -0.2) is 4.79 Å². The number of primary amides is 1. The smallest absolute Gasteiger partial charge is 0.369 e. The van der Waals surface area contributed by atoms with Crippen LogP contribution in [-0.2, 0) is 16.0 Å². The number of rotatable bonds is 11. The first kappa shape index (κ1) is 24.4. The fourth-order valence-corrected chi connectivity index (χ4v) is 3.56. The number of nitrogens with one attached hydrogen (secondary N) is 1. The summed E-state index contributed by atoms with van der Waals surface area (Å²) in [5, 5.41) is 2.96. The van der Waals surface area contributed by atoms with Crippen LogP contribution in [0.15, 0.2) is 54.9 Å². The molecule has 3 N–H and O–H groups in total. The minimum absolute atomic E-state index is 0.156. The number of aromatic nitrogens is 1. The van der Waals surface area contributed by atoms with Gasteiger partial charge in [0, 0.05) is 6.07 Å². The number of benzene rings is 1. The summed E-state index contributed by atoms with van der Waals surface area (Å²) in [6, 6.07) is 11.8. The Hall–Kier alpha value is -2.88. The van der Waals surface area contributed by atoms with Crippen LogP contribution in [0.3, 0.4) is 0 Å². The zero-order valence-electron chi connectivity index (χ0n) is 16.6. The number of Topliss-reactive ketones (excluding diaryl/α,β-unsaturated/α-hetero) is 1. The van der Waals surface area contributed by atoms with Gasteiger partial charge >= 0.3 is 12.1 Å². The standard InChI is InChI=1S/C21H22F3N3O3S/c22-21(23,24)18(28)14-31-11-5-9-17(20(25)30)26-16-8-4-10-27(13-16)19(29)12-15-6-2-1-3-7-15/h1-4,6-8,10,13,17,26H,5,9,11-12,14H2,(H-,25,30)/p+1/t17-/m0/s1. The van der Waals surface area contributed by atoms with E-state index in [1.165, 1.54) is 4.57 Å². The van der Waals surface area contributed by atoms with Crippen molar-refractivity contribution in [3.05, 3.63) is 60.4 Å². The number of hydrogen-bond donors (Lipinski definition) is 2. The van der Waals surface area contributed by atoms with Crippen molar-refractivity contribution in [1.29, 1.82) is 0 Å². The number of nitrogens with zero attached hydrogens (tertiary/aromatic N) is 1. The average molecular weight is 454 g/mol. The van der Waals surface area contributed by atoms with Crippen molar-refractivity contribution in [3.8, 4) is 0 Å². The first-order valence-corrected chi connectivity index (χ1v) is 10.6. The number of thioether (sulfide) groups is 1. The summed E-state index contributed by atoms with van der Waals surface area (Å²) in [6.45, 7) is 0. The third kappa shape index (κ3) is 8.41. The molecule has 0 fully saturated rings. The molecule has 0 saturated carbocycles. The minimum atomic E-state index is -4.83. The first-order valence-electron chi connectivity index (χ1n) is 9.49. The molecule has 0 radical (unpaired) electrons. The number of anilines is 1. The molecule has 0 saturated heterocycles. The Kier molecular flexibility index (Phi) is 9.04. The molecule has 1 aromatic carbocycles. The first-order chi connectivity index (χ1) is 14.7. The molecular weight excluding hydrogens is 431 g/mol. The molecule has 1 aromatic heterocycles. The lowest BCUT2D eigenvalue weighted by atomic mass is 10.1. The third-order valence-corrected chi connectivity index (χ3v) is 5.35. The van der Waals surface area contributed by atoms with Crippen LogP contribution in [0.25, 0.3) is 0 Å². The van der Waals surface area contributed by atoms with E-state index in [-0.39, 0.29) is 24.5 Å². The van der Waals surface area contributed by atoms with Crippen LogP contribution in [0.1, 0.15) is 23.2 Å². The Morgan fingerprint density at radius 2 is 1.81 bits per heavy atom. The molecule has 0 aliphatic carbocycles. The quantitative estimate of drug-likeness (QED) is 0.402. The number of amides is 1. The molecule has 10 heteroatoms. The highest BCUT2D eigenvalue weighted by atomic mass is 32.2. The van der Waals surface area contributed by atoms with Gasteiger partial charge in [-0.3, -0.25) is 9.59 Å². The molecule has 6 nitrogen and oxygen atoms in total. The predicted molar refractivity (Wildman–Crippen MR) is 112 cm³/mol. The molecule has 0 aliphatic rings. The minimum Gasteiger partial charge on any atom is -0.369 e. The van der Waals surface area contributed by atoms with E-state index in [9.17, 15) is 27.6 Å². The van der Waals surface area contributed by atoms with E-state index in [2.05, 4.69) is 5.32 Å². The van der Waals surface area contributed by atoms with Gasteiger partial charge in [0.05, 0.1) is 12.2 Å². The van der Waals surface area contributed by atoms with Crippen LogP contribution in [0.5, 0.6) is 0 Å². The van der Waals surface area contributed by atoms with Crippen LogP contribution in [0, 0.1) is 0 Å². The molecule has 2 rings (SSSR count). The van der Waals surface area contributed by atoms with E-state index < -0.39 is 29.7 Å². The van der Waals surface area contributed by atoms with Gasteiger partial charge in [0.15, 0.2) is 6.20 Å². The maximum atomic E-state index is 12.5. The second kappa shape index (κ2) is 11.5. The van der Waals surface area contributed by atoms with Gasteiger partial charge in [-0.15, -0.1) is 4.57 Å². The van der Waals surface area contributed by atoms with Gasteiger partial charge in [0.25, 0.3) is 0 Å². The summed E-state index contributed by atoms with van der Waals surface area (Å²) in [7, 11) is 0. The second-order valence-corrected chi connectivity index (χ2v) is 7.88. The predicted octanol–water partition coefficient (Wildman–Crippen LogP) is 2.77. The Balaban J connectivity index is 1.88. The summed E-state index contributed by atoms with van der Waals surface area (Å²) in [4.78, 5) is 35.1. The molecule has 166 valence electrons. The zero-order valence-corrected chi connectivity index (χ0v) is 17.4. The number of pyridine rings is 1. The maximum Gasteiger partial charge on any atom is 0.450 e. The Morgan fingerprint density at radius 3 is 2.45 bits per heavy atom. The van der Waals surface area contributed by atoms with Gasteiger partial charge in [0.2, 0.25) is 17.9 Å². The normalized spacial score (nSPS) is 12.2. The lowest BCUT2D eigenvalue weighted by Crippen LogP contribution is -2.43. The number of hydrogen-bond acceptors (Lipinski definition) is 5. The van der Waals surface area contributed by atoms with Crippen molar-refractivity contribution < 1.29 is 32.1 Å². The lowest BCUT2D eigenvalue weighted by molar-refractivity contribution is -0.573. The summed E-state index contributed by atoms with van der Waals surface area (Å²) < 4.78 is 38.0. The highest BCUT2D eigenvalue weighted by molar-refractivity contribution is 7.99. The maximum absolute atomic E-state index is 12.5. The van der Waals surface area contributed by atoms with Crippen molar-refractivity contribution in [2.24, 2.45) is 5.73 Å². The molecule has 1 heterocycles. The van der Waals surface area contributed by atoms with Crippen molar-refractivity contribution >= 4 is 35.0 Å². The SMILES string of the molecule is NC(=O)[C@H](CCCSCC(=O)C(F)(F)F)Nc1ccc[n+](C(=O)Cc2ccccc2)c1. The summed E-state index contributed by atoms with van der Waals surface area (Å²) in [5.41, 5.74) is 6.80. The van der Waals surface area contributed by atoms with Crippen LogP contribution in [0.2, 0.25) is 0 Å². The zero-order chi connectivity index (χ0) is 22.9. The highest BCUT2D eigenvalue weighted by Crippen LogP contribution is 2.19. The van der Waals surface area contributed by atoms with Gasteiger partial charge < -0.3 is 11.1 Å². The highest BCUT2D eigenvalue weighted by Gasteiger charge is 2.37. The fraction of sp³-hybridized carbons (Fsp3) is 0.333. The van der Waals surface area contributed by atoms with E-state index in [0.29, 0.717) is 12.1 Å². The second-order valence-electron chi connectivity index (χ2n) is 6.77. The summed E-state index contributed by atoms with van der Waals surface area (Å²) in [5.74, 6) is -2.94. The Morgan fingerprint density at radius 1 is 1.10 bits per heavy atom. The number of carbonyl (C=O) groups excluding carboxylic acids is 3. The lowest BCUT2D eigenvalue weighted by Gasteiger charge is -2.15. The molecule has 1 amide bonds. The largest absolute Gasteiger partial charge is 0.450 e. The van der Waals surface area contributed by atoms with E-state index in [1.807, 2.05) is 30.3 Å². The number of nitrogens with two attached hydrogens (primary N) is 1. The fourth-order valence-electron chi connectivity index (χ4n) is 2.70. The molecular formula is C21H23F3N3O3S+. The van der Waals surface area contributed by atoms with Crippen LogP contribution in [0.4, 0.5) is 18.9 Å². The van der Waals surface area contributed by atoms with Crippen molar-refractivity contribution in [2.75, 3.05) is 16.8 Å². The average Bonchev–Trinajstić information content (AvgIpc) is 2.72. The van der Waals surface area contributed by atoms with Gasteiger partial charge in [-0.05, 0) is 30.2 Å². The molecule has 0 bridgehead atoms. The molecule has 0 unspecified atom stereocenters. The number of ketones is 1. The van der Waals surface area contributed by atoms with Crippen LogP contribution < -0.4 is 15.6 Å². The van der Waals surface area contributed by atoms with Crippen LogP contribution in [-0.4, -0.2) is 41.3 Å². The van der Waals surface area contributed by atoms with Crippen molar-refractivity contribution in [1.82, 2.24) is 0 Å². The van der Waals surface area contributed by atoms with Gasteiger partial charge in [0.1, 0.15) is 11.7 Å². The number of halogens is 3. The third-order valence-electron chi connectivity index (χ3n) is 4.30. The van der Waals surface area contributed by atoms with Gasteiger partial charge in [-0.2, -0.15) is 24.9 Å². The Bertz CT molecular complexity index is 907. The van der Waals surface area contributed by atoms with E-state index in [0.717, 1.165) is 17.3 Å². The molecule has 2 aromatic rings. The van der Waals surface area contributed by atoms with Crippen molar-refractivity contribution in [3.63, 3.8) is 0 Å². The van der Waals surface area contributed by atoms with E-state index in [4.69, 9.17) is 5.73 Å². The van der Waals surface area contributed by atoms with Gasteiger partial charge in [-0.1, -0.05) is 30.3 Å². The van der Waals surface area contributed by atoms with E-state index in [1.54, 1.807) is 24.5 Å². The van der Waals surface area contributed by atoms with Crippen LogP contribution >= 0.6 is 11.8 Å². The molecule has 0 aliphatic heterocycles. The molecule has 1 atom stereocenters. The summed E-state index contributed by atoms with van der Waals surface area (Å²) in [6.07, 6.45) is -0.805. The summed E-state index contributed by atoms with van der Waals surface area (Å²) >= 11 is 0.857. The van der Waals surface area contributed by atoms with Crippen molar-refractivity contribution in [2.45, 2.75) is 31.5 Å². The monoisotopic (exact) mass is 454 g/mol. The molecule has 31 heavy (non-hydrogen) atoms. The molecule has 0 spiro atoms. The topological polar surface area (TPSA) is 93.1 Å².